The van der Waals surface area contributed by atoms with E-state index in [4.69, 9.17) is 0 Å². The number of nitrogens with one attached hydrogen (secondary N) is 1. The van der Waals surface area contributed by atoms with Crippen molar-refractivity contribution in [1.29, 1.82) is 0 Å². The molecule has 2 heteroatoms. The van der Waals surface area contributed by atoms with Crippen molar-refractivity contribution in [2.45, 2.75) is 44.9 Å². The lowest BCUT2D eigenvalue weighted by atomic mass is 9.75. The molecule has 2 fully saturated rings. The van der Waals surface area contributed by atoms with Crippen molar-refractivity contribution in [3.8, 4) is 0 Å². The first-order chi connectivity index (χ1) is 6.38. The predicted molar refractivity (Wildman–Crippen MR) is 52.3 cm³/mol. The molecule has 0 unspecified atom stereocenters. The maximum atomic E-state index is 11.7. The molecule has 1 saturated heterocycles. The largest absolute Gasteiger partial charge is 0.356 e. The van der Waals surface area contributed by atoms with E-state index in [0.717, 1.165) is 13.0 Å². The lowest BCUT2D eigenvalue weighted by Gasteiger charge is -2.32. The van der Waals surface area contributed by atoms with Gasteiger partial charge in [0.2, 0.25) is 5.91 Å². The Morgan fingerprint density at radius 1 is 1.00 bits per heavy atom. The summed E-state index contributed by atoms with van der Waals surface area (Å²) in [7, 11) is 0. The Kier molecular flexibility index (Phi) is 2.87. The van der Waals surface area contributed by atoms with Gasteiger partial charge in [-0.05, 0) is 31.6 Å². The molecule has 0 spiro atoms. The predicted octanol–water partition coefficient (Wildman–Crippen LogP) is 2.09. The average molecular weight is 181 g/mol. The third-order valence-electron chi connectivity index (χ3n) is 3.55. The number of amides is 1. The fourth-order valence-electron chi connectivity index (χ4n) is 2.77. The number of carbonyl (C=O) groups is 1. The van der Waals surface area contributed by atoms with Crippen molar-refractivity contribution in [2.24, 2.45) is 11.8 Å². The number of hydrogen-bond donors (Lipinski definition) is 1. The van der Waals surface area contributed by atoms with Crippen molar-refractivity contribution in [3.05, 3.63) is 0 Å². The molecular weight excluding hydrogens is 162 g/mol. The molecule has 0 bridgehead atoms. The SMILES string of the molecule is O=C1NCCCC[C@@H]2CCCC[C@@H]12. The molecule has 13 heavy (non-hydrogen) atoms. The van der Waals surface area contributed by atoms with Gasteiger partial charge in [-0.2, -0.15) is 0 Å². The summed E-state index contributed by atoms with van der Waals surface area (Å²) >= 11 is 0. The molecule has 2 rings (SSSR count). The summed E-state index contributed by atoms with van der Waals surface area (Å²) < 4.78 is 0. The molecular formula is C11H19NO. The lowest BCUT2D eigenvalue weighted by Crippen LogP contribution is -2.38. The van der Waals surface area contributed by atoms with Crippen LogP contribution < -0.4 is 5.32 Å². The smallest absolute Gasteiger partial charge is 0.223 e. The summed E-state index contributed by atoms with van der Waals surface area (Å²) in [5, 5.41) is 3.04. The van der Waals surface area contributed by atoms with Crippen LogP contribution in [0.5, 0.6) is 0 Å². The van der Waals surface area contributed by atoms with E-state index in [-0.39, 0.29) is 0 Å². The molecule has 1 aliphatic carbocycles. The molecule has 0 aromatic rings. The van der Waals surface area contributed by atoms with Crippen LogP contribution in [-0.4, -0.2) is 12.5 Å². The highest BCUT2D eigenvalue weighted by Crippen LogP contribution is 2.34. The third-order valence-corrected chi connectivity index (χ3v) is 3.55. The highest BCUT2D eigenvalue weighted by Gasteiger charge is 2.30. The summed E-state index contributed by atoms with van der Waals surface area (Å²) in [4.78, 5) is 11.7. The van der Waals surface area contributed by atoms with Crippen LogP contribution >= 0.6 is 0 Å². The van der Waals surface area contributed by atoms with Gasteiger partial charge in [0.1, 0.15) is 0 Å². The van der Waals surface area contributed by atoms with Crippen LogP contribution in [0, 0.1) is 11.8 Å². The van der Waals surface area contributed by atoms with Gasteiger partial charge in [0.15, 0.2) is 0 Å². The molecule has 0 aromatic carbocycles. The van der Waals surface area contributed by atoms with Crippen molar-refractivity contribution >= 4 is 5.91 Å². The standard InChI is InChI=1S/C11H19NO/c13-11-10-7-2-1-5-9(10)6-3-4-8-12-11/h9-10H,1-8H2,(H,12,13)/t9-,10+/m0/s1. The van der Waals surface area contributed by atoms with E-state index >= 15 is 0 Å². The van der Waals surface area contributed by atoms with E-state index in [0.29, 0.717) is 17.7 Å². The molecule has 2 aliphatic rings. The van der Waals surface area contributed by atoms with Crippen molar-refractivity contribution in [3.63, 3.8) is 0 Å². The molecule has 1 N–H and O–H groups in total. The van der Waals surface area contributed by atoms with E-state index in [1.165, 1.54) is 38.5 Å². The van der Waals surface area contributed by atoms with Gasteiger partial charge in [-0.1, -0.05) is 19.3 Å². The van der Waals surface area contributed by atoms with Crippen LogP contribution in [0.1, 0.15) is 44.9 Å². The molecule has 0 aromatic heterocycles. The normalized spacial score (nSPS) is 35.5. The highest BCUT2D eigenvalue weighted by atomic mass is 16.1. The minimum absolute atomic E-state index is 0.337. The van der Waals surface area contributed by atoms with Gasteiger partial charge in [-0.3, -0.25) is 4.79 Å². The highest BCUT2D eigenvalue weighted by molar-refractivity contribution is 5.79. The van der Waals surface area contributed by atoms with Gasteiger partial charge < -0.3 is 5.32 Å². The maximum Gasteiger partial charge on any atom is 0.223 e. The molecule has 2 nitrogen and oxygen atoms in total. The Morgan fingerprint density at radius 3 is 2.54 bits per heavy atom. The van der Waals surface area contributed by atoms with Crippen molar-refractivity contribution < 1.29 is 4.79 Å². The van der Waals surface area contributed by atoms with Crippen molar-refractivity contribution in [1.82, 2.24) is 5.32 Å². The Bertz CT molecular complexity index is 191. The number of hydrogen-bond acceptors (Lipinski definition) is 1. The van der Waals surface area contributed by atoms with E-state index in [1.807, 2.05) is 0 Å². The van der Waals surface area contributed by atoms with Gasteiger partial charge in [-0.25, -0.2) is 0 Å². The van der Waals surface area contributed by atoms with Crippen LogP contribution in [-0.2, 0) is 4.79 Å². The van der Waals surface area contributed by atoms with Crippen LogP contribution in [0.15, 0.2) is 0 Å². The first kappa shape index (κ1) is 9.04. The first-order valence-corrected chi connectivity index (χ1v) is 5.65. The first-order valence-electron chi connectivity index (χ1n) is 5.65. The monoisotopic (exact) mass is 181 g/mol. The van der Waals surface area contributed by atoms with E-state index in [1.54, 1.807) is 0 Å². The van der Waals surface area contributed by atoms with Crippen LogP contribution in [0.2, 0.25) is 0 Å². The quantitative estimate of drug-likeness (QED) is 0.609. The fraction of sp³-hybridized carbons (Fsp3) is 0.909. The topological polar surface area (TPSA) is 29.1 Å². The Morgan fingerprint density at radius 2 is 1.69 bits per heavy atom. The van der Waals surface area contributed by atoms with E-state index in [2.05, 4.69) is 5.32 Å². The second kappa shape index (κ2) is 4.12. The molecule has 1 amide bonds. The minimum Gasteiger partial charge on any atom is -0.356 e. The molecule has 1 aliphatic heterocycles. The molecule has 1 heterocycles. The second-order valence-electron chi connectivity index (χ2n) is 4.44. The molecule has 74 valence electrons. The van der Waals surface area contributed by atoms with Gasteiger partial charge >= 0.3 is 0 Å². The van der Waals surface area contributed by atoms with Gasteiger partial charge in [-0.15, -0.1) is 0 Å². The maximum absolute atomic E-state index is 11.7. The van der Waals surface area contributed by atoms with Crippen molar-refractivity contribution in [2.75, 3.05) is 6.54 Å². The summed E-state index contributed by atoms with van der Waals surface area (Å²) in [5.74, 6) is 1.40. The Labute approximate surface area is 80.1 Å². The zero-order valence-electron chi connectivity index (χ0n) is 8.22. The Balaban J connectivity index is 2.02. The summed E-state index contributed by atoms with van der Waals surface area (Å²) in [6.45, 7) is 0.905. The van der Waals surface area contributed by atoms with E-state index in [9.17, 15) is 4.79 Å². The molecule has 0 radical (unpaired) electrons. The average Bonchev–Trinajstić information content (AvgIpc) is 2.14. The van der Waals surface area contributed by atoms with Crippen LogP contribution in [0.25, 0.3) is 0 Å². The summed E-state index contributed by atoms with van der Waals surface area (Å²) in [6.07, 6.45) is 8.80. The van der Waals surface area contributed by atoms with Crippen LogP contribution in [0.4, 0.5) is 0 Å². The second-order valence-corrected chi connectivity index (χ2v) is 4.44. The fourth-order valence-corrected chi connectivity index (χ4v) is 2.77. The van der Waals surface area contributed by atoms with Gasteiger partial charge in [0, 0.05) is 12.5 Å². The number of rotatable bonds is 0. The lowest BCUT2D eigenvalue weighted by molar-refractivity contribution is -0.128. The van der Waals surface area contributed by atoms with Gasteiger partial charge in [0.25, 0.3) is 0 Å². The zero-order chi connectivity index (χ0) is 9.10. The summed E-state index contributed by atoms with van der Waals surface area (Å²) in [6, 6.07) is 0. The third kappa shape index (κ3) is 2.04. The van der Waals surface area contributed by atoms with Gasteiger partial charge in [0.05, 0.1) is 0 Å². The zero-order valence-corrected chi connectivity index (χ0v) is 8.22. The minimum atomic E-state index is 0.337. The molecule has 1 saturated carbocycles. The van der Waals surface area contributed by atoms with E-state index < -0.39 is 0 Å². The Hall–Kier alpha value is -0.530. The number of carbonyl (C=O) groups excluding carboxylic acids is 1. The number of fused-ring (bicyclic) bond motifs is 1. The summed E-state index contributed by atoms with van der Waals surface area (Å²) in [5.41, 5.74) is 0. The molecule has 2 atom stereocenters. The van der Waals surface area contributed by atoms with Crippen LogP contribution in [0.3, 0.4) is 0 Å².